The molecule has 41 heavy (non-hydrogen) atoms. The van der Waals surface area contributed by atoms with Crippen LogP contribution < -0.4 is 5.32 Å². The molecule has 1 amide bonds. The van der Waals surface area contributed by atoms with Crippen molar-refractivity contribution in [1.29, 1.82) is 0 Å². The molecule has 0 radical (unpaired) electrons. The number of aromatic nitrogens is 2. The number of carbonyl (C=O) groups excluding carboxylic acids is 1. The van der Waals surface area contributed by atoms with Crippen LogP contribution in [0.25, 0.3) is 11.5 Å². The van der Waals surface area contributed by atoms with Gasteiger partial charge in [-0.05, 0) is 68.1 Å². The molecule has 0 aliphatic carbocycles. The van der Waals surface area contributed by atoms with Crippen LogP contribution in [0.4, 0.5) is 10.1 Å². The van der Waals surface area contributed by atoms with Crippen LogP contribution >= 0.6 is 0 Å². The summed E-state index contributed by atoms with van der Waals surface area (Å²) in [4.78, 5) is 44.0. The fourth-order valence-corrected chi connectivity index (χ4v) is 4.05. The minimum Gasteiger partial charge on any atom is -0.478 e. The fraction of sp³-hybridized carbons (Fsp3) is 0.296. The number of piperidine rings is 1. The van der Waals surface area contributed by atoms with E-state index in [1.165, 1.54) is 36.4 Å². The first-order valence-electron chi connectivity index (χ1n) is 12.6. The molecule has 3 N–H and O–H groups in total. The highest BCUT2D eigenvalue weighted by Gasteiger charge is 2.21. The van der Waals surface area contributed by atoms with Crippen molar-refractivity contribution in [2.45, 2.75) is 25.8 Å². The molecular formula is C27H28FN5O8. The second kappa shape index (κ2) is 15.0. The van der Waals surface area contributed by atoms with Gasteiger partial charge in [-0.1, -0.05) is 12.1 Å². The van der Waals surface area contributed by atoms with Crippen LogP contribution in [0.3, 0.4) is 0 Å². The van der Waals surface area contributed by atoms with Gasteiger partial charge in [0.15, 0.2) is 0 Å². The van der Waals surface area contributed by atoms with Gasteiger partial charge >= 0.3 is 23.7 Å². The zero-order chi connectivity index (χ0) is 29.8. The quantitative estimate of drug-likeness (QED) is 0.184. The highest BCUT2D eigenvalue weighted by molar-refractivity contribution is 5.90. The Kier molecular flexibility index (Phi) is 11.2. The fourth-order valence-electron chi connectivity index (χ4n) is 4.05. The molecule has 1 aromatic heterocycles. The van der Waals surface area contributed by atoms with Crippen LogP contribution in [0, 0.1) is 21.8 Å². The van der Waals surface area contributed by atoms with Crippen molar-refractivity contribution in [3.05, 3.63) is 88.1 Å². The van der Waals surface area contributed by atoms with E-state index in [1.54, 1.807) is 0 Å². The summed E-state index contributed by atoms with van der Waals surface area (Å²) in [5.74, 6) is -2.67. The number of carboxylic acid groups (broad SMARTS) is 2. The Balaban J connectivity index is 0.000000507. The molecule has 2 aromatic carbocycles. The van der Waals surface area contributed by atoms with Gasteiger partial charge in [-0.15, -0.1) is 10.2 Å². The summed E-state index contributed by atoms with van der Waals surface area (Å²) in [5, 5.41) is 36.8. The molecule has 0 bridgehead atoms. The molecule has 4 rings (SSSR count). The monoisotopic (exact) mass is 569 g/mol. The zero-order valence-electron chi connectivity index (χ0n) is 21.8. The molecule has 1 aliphatic rings. The van der Waals surface area contributed by atoms with Crippen LogP contribution in [0.15, 0.2) is 65.1 Å². The summed E-state index contributed by atoms with van der Waals surface area (Å²) in [6.07, 6.45) is 4.06. The Bertz CT molecular complexity index is 1350. The second-order valence-electron chi connectivity index (χ2n) is 9.12. The lowest BCUT2D eigenvalue weighted by atomic mass is 9.93. The minimum atomic E-state index is -1.26. The van der Waals surface area contributed by atoms with Gasteiger partial charge in [0.25, 0.3) is 5.69 Å². The van der Waals surface area contributed by atoms with E-state index < -0.39 is 22.8 Å². The third kappa shape index (κ3) is 10.3. The third-order valence-electron chi connectivity index (χ3n) is 6.18. The van der Waals surface area contributed by atoms with Gasteiger partial charge in [-0.25, -0.2) is 14.0 Å². The lowest BCUT2D eigenvalue weighted by Crippen LogP contribution is -2.35. The van der Waals surface area contributed by atoms with Crippen molar-refractivity contribution >= 4 is 23.5 Å². The maximum absolute atomic E-state index is 13.0. The minimum absolute atomic E-state index is 0.0440. The number of nitrogens with zero attached hydrogens (tertiary/aromatic N) is 4. The number of hydrogen-bond acceptors (Lipinski definition) is 9. The number of rotatable bonds is 10. The molecule has 1 fully saturated rings. The summed E-state index contributed by atoms with van der Waals surface area (Å²) in [7, 11) is 0. The number of benzene rings is 2. The van der Waals surface area contributed by atoms with E-state index in [4.69, 9.17) is 14.6 Å². The molecule has 13 nitrogen and oxygen atoms in total. The first-order valence-corrected chi connectivity index (χ1v) is 12.6. The number of hydrogen-bond donors (Lipinski definition) is 3. The highest BCUT2D eigenvalue weighted by atomic mass is 19.1. The van der Waals surface area contributed by atoms with Crippen LogP contribution in [0.2, 0.25) is 0 Å². The number of carboxylic acids is 2. The summed E-state index contributed by atoms with van der Waals surface area (Å²) >= 11 is 0. The molecule has 0 spiro atoms. The highest BCUT2D eigenvalue weighted by Crippen LogP contribution is 2.23. The largest absolute Gasteiger partial charge is 0.478 e. The van der Waals surface area contributed by atoms with Gasteiger partial charge in [-0.2, -0.15) is 0 Å². The SMILES string of the molecule is O=C(NCCC1CCN(Cc2ccc(F)cc2)CC1)c1nnc(-c2ccc([N+](=O)[O-])cc2)o1.O=C(O)C=CC(=O)O. The maximum Gasteiger partial charge on any atom is 0.328 e. The lowest BCUT2D eigenvalue weighted by Gasteiger charge is -2.32. The van der Waals surface area contributed by atoms with E-state index in [-0.39, 0.29) is 23.3 Å². The van der Waals surface area contributed by atoms with E-state index in [0.717, 1.165) is 44.5 Å². The first kappa shape index (κ1) is 30.6. The average molecular weight is 570 g/mol. The zero-order valence-corrected chi connectivity index (χ0v) is 21.8. The number of nitrogens with one attached hydrogen (secondary N) is 1. The molecule has 0 saturated carbocycles. The molecule has 2 heterocycles. The number of non-ortho nitro benzene ring substituents is 1. The maximum atomic E-state index is 13.0. The number of nitro groups is 1. The third-order valence-corrected chi connectivity index (χ3v) is 6.18. The molecule has 1 aliphatic heterocycles. The van der Waals surface area contributed by atoms with Crippen molar-refractivity contribution in [2.24, 2.45) is 5.92 Å². The normalized spacial score (nSPS) is 13.8. The summed E-state index contributed by atoms with van der Waals surface area (Å²) < 4.78 is 18.5. The standard InChI is InChI=1S/C23H24FN5O4.C4H4O4/c24-19-5-1-17(2-6-19)15-28-13-10-16(11-14-28)9-12-25-21(30)23-27-26-22(33-23)18-3-7-20(8-4-18)29(31)32;5-3(6)1-2-4(7)8/h1-8,16H,9-15H2,(H,25,30);1-2H,(H,5,6)(H,7,8). The van der Waals surface area contributed by atoms with Crippen molar-refractivity contribution in [2.75, 3.05) is 19.6 Å². The summed E-state index contributed by atoms with van der Waals surface area (Å²) in [5.41, 5.74) is 1.56. The van der Waals surface area contributed by atoms with Crippen molar-refractivity contribution in [1.82, 2.24) is 20.4 Å². The van der Waals surface area contributed by atoms with Gasteiger partial charge in [0, 0.05) is 42.9 Å². The Morgan fingerprint density at radius 3 is 2.20 bits per heavy atom. The Morgan fingerprint density at radius 2 is 1.63 bits per heavy atom. The molecule has 1 saturated heterocycles. The van der Waals surface area contributed by atoms with E-state index in [0.29, 0.717) is 30.2 Å². The number of nitro benzene ring substituents is 1. The van der Waals surface area contributed by atoms with Gasteiger partial charge in [0.2, 0.25) is 5.89 Å². The first-order chi connectivity index (χ1) is 19.6. The van der Waals surface area contributed by atoms with Gasteiger partial charge in [0.1, 0.15) is 5.82 Å². The molecule has 14 heteroatoms. The van der Waals surface area contributed by atoms with Crippen LogP contribution in [0.1, 0.15) is 35.5 Å². The molecule has 0 atom stereocenters. The summed E-state index contributed by atoms with van der Waals surface area (Å²) in [6, 6.07) is 12.3. The molecule has 216 valence electrons. The Hall–Kier alpha value is -4.98. The average Bonchev–Trinajstić information content (AvgIpc) is 3.45. The van der Waals surface area contributed by atoms with Crippen LogP contribution in [0.5, 0.6) is 0 Å². The predicted octanol–water partition coefficient (Wildman–Crippen LogP) is 3.53. The topological polar surface area (TPSA) is 189 Å². The molecule has 3 aromatic rings. The molecule has 0 unspecified atom stereocenters. The number of halogens is 1. The van der Waals surface area contributed by atoms with Gasteiger partial charge in [0.05, 0.1) is 4.92 Å². The Labute approximate surface area is 233 Å². The lowest BCUT2D eigenvalue weighted by molar-refractivity contribution is -0.384. The van der Waals surface area contributed by atoms with Gasteiger partial charge in [-0.3, -0.25) is 19.8 Å². The summed E-state index contributed by atoms with van der Waals surface area (Å²) in [6.45, 7) is 3.27. The smallest absolute Gasteiger partial charge is 0.328 e. The molecular weight excluding hydrogens is 541 g/mol. The van der Waals surface area contributed by atoms with E-state index >= 15 is 0 Å². The number of aliphatic carboxylic acids is 2. The van der Waals surface area contributed by atoms with Crippen molar-refractivity contribution in [3.8, 4) is 11.5 Å². The van der Waals surface area contributed by atoms with E-state index in [9.17, 15) is 28.9 Å². The Morgan fingerprint density at radius 1 is 1.02 bits per heavy atom. The number of likely N-dealkylation sites (tertiary alicyclic amines) is 1. The van der Waals surface area contributed by atoms with Crippen LogP contribution in [-0.2, 0) is 16.1 Å². The van der Waals surface area contributed by atoms with E-state index in [2.05, 4.69) is 20.4 Å². The predicted molar refractivity (Wildman–Crippen MR) is 142 cm³/mol. The second-order valence-corrected chi connectivity index (χ2v) is 9.12. The van der Waals surface area contributed by atoms with Crippen molar-refractivity contribution in [3.63, 3.8) is 0 Å². The number of amides is 1. The van der Waals surface area contributed by atoms with Crippen molar-refractivity contribution < 1.29 is 38.3 Å². The van der Waals surface area contributed by atoms with E-state index in [1.807, 2.05) is 12.1 Å². The van der Waals surface area contributed by atoms with Crippen LogP contribution in [-0.4, -0.2) is 67.7 Å². The number of carbonyl (C=O) groups is 3. The van der Waals surface area contributed by atoms with Gasteiger partial charge < -0.3 is 19.9 Å².